The zero-order valence-corrected chi connectivity index (χ0v) is 18.3. The standard InChI is InChI=1S/C22H19N3O4S2/c1-2-28-22(27)19-15(16-9-6-12-30-16)13-31-21(19)23-17(26)10-11-18-24-25-20(29-18)14-7-4-3-5-8-14/h3-9,12-13H,2,10-11H2,1H3,(H,23,26). The Labute approximate surface area is 186 Å². The van der Waals surface area contributed by atoms with Crippen molar-refractivity contribution in [2.24, 2.45) is 0 Å². The molecule has 0 aliphatic rings. The van der Waals surface area contributed by atoms with Crippen molar-refractivity contribution < 1.29 is 18.7 Å². The summed E-state index contributed by atoms with van der Waals surface area (Å²) in [5, 5.41) is 15.2. The van der Waals surface area contributed by atoms with Crippen molar-refractivity contribution in [3.8, 4) is 21.9 Å². The molecule has 0 fully saturated rings. The first kappa shape index (κ1) is 21.0. The van der Waals surface area contributed by atoms with Gasteiger partial charge < -0.3 is 14.5 Å². The monoisotopic (exact) mass is 453 g/mol. The van der Waals surface area contributed by atoms with Crippen molar-refractivity contribution in [3.05, 3.63) is 64.7 Å². The number of carbonyl (C=O) groups excluding carboxylic acids is 2. The van der Waals surface area contributed by atoms with Gasteiger partial charge in [-0.3, -0.25) is 4.79 Å². The Morgan fingerprint density at radius 3 is 2.68 bits per heavy atom. The lowest BCUT2D eigenvalue weighted by atomic mass is 10.1. The van der Waals surface area contributed by atoms with E-state index in [0.29, 0.717) is 28.8 Å². The van der Waals surface area contributed by atoms with E-state index in [4.69, 9.17) is 9.15 Å². The van der Waals surface area contributed by atoms with E-state index in [-0.39, 0.29) is 18.9 Å². The largest absolute Gasteiger partial charge is 0.462 e. The van der Waals surface area contributed by atoms with E-state index in [1.54, 1.807) is 6.92 Å². The highest BCUT2D eigenvalue weighted by atomic mass is 32.1. The Morgan fingerprint density at radius 2 is 1.94 bits per heavy atom. The van der Waals surface area contributed by atoms with E-state index in [9.17, 15) is 9.59 Å². The fourth-order valence-corrected chi connectivity index (χ4v) is 4.72. The normalized spacial score (nSPS) is 10.7. The summed E-state index contributed by atoms with van der Waals surface area (Å²) < 4.78 is 10.9. The topological polar surface area (TPSA) is 94.3 Å². The van der Waals surface area contributed by atoms with Gasteiger partial charge >= 0.3 is 5.97 Å². The number of rotatable bonds is 8. The SMILES string of the molecule is CCOC(=O)c1c(-c2cccs2)csc1NC(=O)CCc1nnc(-c2ccccc2)o1. The molecule has 0 spiro atoms. The van der Waals surface area contributed by atoms with E-state index in [2.05, 4.69) is 15.5 Å². The van der Waals surface area contributed by atoms with Gasteiger partial charge in [-0.1, -0.05) is 24.3 Å². The van der Waals surface area contributed by atoms with E-state index in [1.165, 1.54) is 22.7 Å². The molecule has 0 aliphatic heterocycles. The molecule has 31 heavy (non-hydrogen) atoms. The lowest BCUT2D eigenvalue weighted by Gasteiger charge is -2.07. The molecule has 0 saturated carbocycles. The maximum absolute atomic E-state index is 12.5. The fourth-order valence-electron chi connectivity index (χ4n) is 2.93. The molecule has 4 aromatic rings. The van der Waals surface area contributed by atoms with Crippen LogP contribution in [-0.2, 0) is 16.0 Å². The summed E-state index contributed by atoms with van der Waals surface area (Å²) in [5.41, 5.74) is 1.97. The molecule has 1 aromatic carbocycles. The number of ether oxygens (including phenoxy) is 1. The van der Waals surface area contributed by atoms with Crippen LogP contribution in [0.1, 0.15) is 29.6 Å². The molecule has 3 aromatic heterocycles. The first-order valence-corrected chi connectivity index (χ1v) is 11.4. The van der Waals surface area contributed by atoms with Gasteiger partial charge in [0.15, 0.2) is 0 Å². The van der Waals surface area contributed by atoms with Gasteiger partial charge in [0.05, 0.1) is 6.61 Å². The molecule has 0 bridgehead atoms. The number of hydrogen-bond acceptors (Lipinski definition) is 8. The number of nitrogens with zero attached hydrogens (tertiary/aromatic N) is 2. The van der Waals surface area contributed by atoms with Crippen molar-refractivity contribution >= 4 is 39.6 Å². The van der Waals surface area contributed by atoms with E-state index >= 15 is 0 Å². The van der Waals surface area contributed by atoms with Crippen LogP contribution >= 0.6 is 22.7 Å². The van der Waals surface area contributed by atoms with Crippen LogP contribution in [0.25, 0.3) is 21.9 Å². The van der Waals surface area contributed by atoms with Crippen molar-refractivity contribution in [1.82, 2.24) is 10.2 Å². The second-order valence-corrected chi connectivity index (χ2v) is 8.29. The number of amides is 1. The molecule has 0 saturated heterocycles. The van der Waals surface area contributed by atoms with E-state index in [1.807, 2.05) is 53.2 Å². The minimum absolute atomic E-state index is 0.144. The number of esters is 1. The number of benzene rings is 1. The molecular weight excluding hydrogens is 434 g/mol. The highest BCUT2D eigenvalue weighted by Crippen LogP contribution is 2.38. The Balaban J connectivity index is 1.44. The average Bonchev–Trinajstić information content (AvgIpc) is 3.53. The number of hydrogen-bond donors (Lipinski definition) is 1. The fraction of sp³-hybridized carbons (Fsp3) is 0.182. The average molecular weight is 454 g/mol. The molecule has 7 nitrogen and oxygen atoms in total. The Bertz CT molecular complexity index is 1170. The van der Waals surface area contributed by atoms with Crippen LogP contribution in [0.3, 0.4) is 0 Å². The Morgan fingerprint density at radius 1 is 1.10 bits per heavy atom. The van der Waals surface area contributed by atoms with Crippen LogP contribution in [0.5, 0.6) is 0 Å². The zero-order valence-electron chi connectivity index (χ0n) is 16.7. The van der Waals surface area contributed by atoms with Crippen LogP contribution in [-0.4, -0.2) is 28.7 Å². The molecule has 4 rings (SSSR count). The van der Waals surface area contributed by atoms with E-state index < -0.39 is 5.97 Å². The van der Waals surface area contributed by atoms with Crippen LogP contribution in [0.4, 0.5) is 5.00 Å². The van der Waals surface area contributed by atoms with Crippen LogP contribution in [0, 0.1) is 0 Å². The Kier molecular flexibility index (Phi) is 6.54. The van der Waals surface area contributed by atoms with Crippen LogP contribution in [0.15, 0.2) is 57.6 Å². The summed E-state index contributed by atoms with van der Waals surface area (Å²) in [4.78, 5) is 26.0. The third-order valence-corrected chi connectivity index (χ3v) is 6.16. The van der Waals surface area contributed by atoms with Gasteiger partial charge in [0.25, 0.3) is 0 Å². The summed E-state index contributed by atoms with van der Waals surface area (Å²) in [7, 11) is 0. The third-order valence-electron chi connectivity index (χ3n) is 4.36. The smallest absolute Gasteiger partial charge is 0.341 e. The second-order valence-electron chi connectivity index (χ2n) is 6.47. The summed E-state index contributed by atoms with van der Waals surface area (Å²) in [6.07, 6.45) is 0.439. The highest BCUT2D eigenvalue weighted by Gasteiger charge is 2.23. The molecule has 3 heterocycles. The van der Waals surface area contributed by atoms with Gasteiger partial charge in [-0.2, -0.15) is 0 Å². The minimum atomic E-state index is -0.452. The third kappa shape index (κ3) is 4.89. The van der Waals surface area contributed by atoms with Gasteiger partial charge in [0.1, 0.15) is 10.6 Å². The number of aromatic nitrogens is 2. The van der Waals surface area contributed by atoms with Gasteiger partial charge in [-0.05, 0) is 30.5 Å². The summed E-state index contributed by atoms with van der Waals surface area (Å²) in [6.45, 7) is 2.01. The lowest BCUT2D eigenvalue weighted by Crippen LogP contribution is -2.15. The van der Waals surface area contributed by atoms with Crippen molar-refractivity contribution in [3.63, 3.8) is 0 Å². The number of carbonyl (C=O) groups is 2. The summed E-state index contributed by atoms with van der Waals surface area (Å²) >= 11 is 2.83. The molecular formula is C22H19N3O4S2. The van der Waals surface area contributed by atoms with Gasteiger partial charge in [0.2, 0.25) is 17.7 Å². The van der Waals surface area contributed by atoms with Crippen molar-refractivity contribution in [1.29, 1.82) is 0 Å². The molecule has 1 N–H and O–H groups in total. The second kappa shape index (κ2) is 9.67. The lowest BCUT2D eigenvalue weighted by molar-refractivity contribution is -0.116. The summed E-state index contributed by atoms with van der Waals surface area (Å²) in [5.74, 6) is 0.0981. The number of nitrogens with one attached hydrogen (secondary N) is 1. The molecule has 0 aliphatic carbocycles. The quantitative estimate of drug-likeness (QED) is 0.365. The zero-order chi connectivity index (χ0) is 21.6. The molecule has 158 valence electrons. The van der Waals surface area contributed by atoms with Crippen LogP contribution in [0.2, 0.25) is 0 Å². The molecule has 9 heteroatoms. The van der Waals surface area contributed by atoms with Gasteiger partial charge in [-0.15, -0.1) is 32.9 Å². The predicted molar refractivity (Wildman–Crippen MR) is 120 cm³/mol. The van der Waals surface area contributed by atoms with Gasteiger partial charge in [-0.25, -0.2) is 4.79 Å². The highest BCUT2D eigenvalue weighted by molar-refractivity contribution is 7.17. The van der Waals surface area contributed by atoms with Gasteiger partial charge in [0, 0.05) is 34.2 Å². The number of thiophene rings is 2. The molecule has 1 amide bonds. The number of aryl methyl sites for hydroxylation is 1. The predicted octanol–water partition coefficient (Wildman–Crippen LogP) is 5.27. The number of anilines is 1. The van der Waals surface area contributed by atoms with E-state index in [0.717, 1.165) is 16.0 Å². The summed E-state index contributed by atoms with van der Waals surface area (Å²) in [6, 6.07) is 13.3. The Hall–Kier alpha value is -3.30. The van der Waals surface area contributed by atoms with Crippen molar-refractivity contribution in [2.75, 3.05) is 11.9 Å². The molecule has 0 radical (unpaired) electrons. The minimum Gasteiger partial charge on any atom is -0.462 e. The first-order chi connectivity index (χ1) is 15.2. The maximum atomic E-state index is 12.5. The van der Waals surface area contributed by atoms with Crippen LogP contribution < -0.4 is 5.32 Å². The molecule has 0 atom stereocenters. The first-order valence-electron chi connectivity index (χ1n) is 9.66. The van der Waals surface area contributed by atoms with Crippen molar-refractivity contribution in [2.45, 2.75) is 19.8 Å². The maximum Gasteiger partial charge on any atom is 0.341 e. The molecule has 0 unspecified atom stereocenters.